The van der Waals surface area contributed by atoms with Crippen molar-refractivity contribution in [3.63, 3.8) is 0 Å². The molecule has 1 heterocycles. The quantitative estimate of drug-likeness (QED) is 0.474. The van der Waals surface area contributed by atoms with E-state index in [0.717, 1.165) is 19.3 Å². The smallest absolute Gasteiger partial charge is 0.315 e. The van der Waals surface area contributed by atoms with E-state index in [9.17, 15) is 18.0 Å². The van der Waals surface area contributed by atoms with Crippen molar-refractivity contribution < 1.29 is 27.9 Å². The van der Waals surface area contributed by atoms with Gasteiger partial charge in [-0.1, -0.05) is 0 Å². The Balaban J connectivity index is 1.59. The number of ether oxygens (including phenoxy) is 1. The number of aliphatic carboxylic acids is 1. The van der Waals surface area contributed by atoms with E-state index >= 15 is 0 Å². The maximum atomic E-state index is 12.0. The molecule has 0 spiro atoms. The first-order chi connectivity index (χ1) is 12.4. The first kappa shape index (κ1) is 20.9. The second-order valence-electron chi connectivity index (χ2n) is 6.94. The summed E-state index contributed by atoms with van der Waals surface area (Å²) in [5.74, 6) is -1.32. The van der Waals surface area contributed by atoms with Crippen LogP contribution < -0.4 is 15.4 Å². The third-order valence-corrected chi connectivity index (χ3v) is 6.22. The molecule has 26 heavy (non-hydrogen) atoms. The minimum absolute atomic E-state index is 0.0111. The van der Waals surface area contributed by atoms with E-state index in [1.165, 1.54) is 0 Å². The Morgan fingerprint density at radius 1 is 1.08 bits per heavy atom. The van der Waals surface area contributed by atoms with Gasteiger partial charge in [0.2, 0.25) is 10.0 Å². The summed E-state index contributed by atoms with van der Waals surface area (Å²) in [7, 11) is -3.46. The van der Waals surface area contributed by atoms with Crippen molar-refractivity contribution in [1.82, 2.24) is 15.4 Å². The third kappa shape index (κ3) is 7.46. The van der Waals surface area contributed by atoms with Crippen LogP contribution in [0.3, 0.4) is 0 Å². The predicted molar refractivity (Wildman–Crippen MR) is 95.3 cm³/mol. The number of carbonyl (C=O) groups excluding carboxylic acids is 1. The van der Waals surface area contributed by atoms with E-state index in [0.29, 0.717) is 32.3 Å². The van der Waals surface area contributed by atoms with Gasteiger partial charge in [-0.2, -0.15) is 0 Å². The van der Waals surface area contributed by atoms with Gasteiger partial charge in [0.15, 0.2) is 0 Å². The van der Waals surface area contributed by atoms with Gasteiger partial charge >= 0.3 is 12.0 Å². The molecule has 1 saturated carbocycles. The minimum Gasteiger partial charge on any atom is -0.481 e. The summed E-state index contributed by atoms with van der Waals surface area (Å²) in [6.07, 6.45) is 5.16. The van der Waals surface area contributed by atoms with Crippen molar-refractivity contribution in [3.05, 3.63) is 0 Å². The molecule has 1 aliphatic carbocycles. The van der Waals surface area contributed by atoms with Crippen molar-refractivity contribution in [3.8, 4) is 0 Å². The first-order valence-corrected chi connectivity index (χ1v) is 10.9. The van der Waals surface area contributed by atoms with Gasteiger partial charge < -0.3 is 20.5 Å². The summed E-state index contributed by atoms with van der Waals surface area (Å²) >= 11 is 0. The molecule has 2 aliphatic rings. The van der Waals surface area contributed by atoms with Crippen LogP contribution in [0.15, 0.2) is 0 Å². The third-order valence-electron chi connectivity index (χ3n) is 4.87. The Morgan fingerprint density at radius 3 is 2.42 bits per heavy atom. The molecule has 10 heteroatoms. The molecule has 9 nitrogen and oxygen atoms in total. The van der Waals surface area contributed by atoms with Gasteiger partial charge in [-0.15, -0.1) is 0 Å². The summed E-state index contributed by atoms with van der Waals surface area (Å²) in [4.78, 5) is 22.7. The second kappa shape index (κ2) is 10.1. The van der Waals surface area contributed by atoms with Crippen molar-refractivity contribution in [1.29, 1.82) is 0 Å². The number of hydrogen-bond acceptors (Lipinski definition) is 5. The molecule has 0 bridgehead atoms. The Bertz CT molecular complexity index is 569. The average Bonchev–Trinajstić information content (AvgIpc) is 2.61. The van der Waals surface area contributed by atoms with Crippen LogP contribution in [0, 0.1) is 5.92 Å². The van der Waals surface area contributed by atoms with Crippen molar-refractivity contribution in [2.24, 2.45) is 5.92 Å². The first-order valence-electron chi connectivity index (χ1n) is 9.22. The van der Waals surface area contributed by atoms with Crippen LogP contribution in [-0.4, -0.2) is 63.1 Å². The minimum atomic E-state index is -3.46. The fourth-order valence-electron chi connectivity index (χ4n) is 3.28. The molecule has 0 aromatic carbocycles. The van der Waals surface area contributed by atoms with Crippen LogP contribution in [-0.2, 0) is 19.6 Å². The fourth-order valence-corrected chi connectivity index (χ4v) is 4.24. The van der Waals surface area contributed by atoms with Gasteiger partial charge in [0, 0.05) is 25.7 Å². The normalized spacial score (nSPS) is 26.8. The summed E-state index contributed by atoms with van der Waals surface area (Å²) < 4.78 is 31.9. The van der Waals surface area contributed by atoms with Crippen molar-refractivity contribution >= 4 is 22.0 Å². The van der Waals surface area contributed by atoms with Crippen molar-refractivity contribution in [2.75, 3.05) is 25.4 Å². The molecule has 4 N–H and O–H groups in total. The van der Waals surface area contributed by atoms with Crippen LogP contribution in [0.4, 0.5) is 4.79 Å². The van der Waals surface area contributed by atoms with Gasteiger partial charge in [0.05, 0.1) is 17.8 Å². The molecule has 150 valence electrons. The Morgan fingerprint density at radius 2 is 1.81 bits per heavy atom. The van der Waals surface area contributed by atoms with E-state index in [2.05, 4.69) is 15.4 Å². The molecule has 1 unspecified atom stereocenters. The number of amides is 2. The predicted octanol–water partition coefficient (Wildman–Crippen LogP) is 0.418. The molecule has 1 aliphatic heterocycles. The molecular weight excluding hydrogens is 362 g/mol. The summed E-state index contributed by atoms with van der Waals surface area (Å²) in [6.45, 7) is 0.945. The van der Waals surface area contributed by atoms with E-state index < -0.39 is 22.0 Å². The second-order valence-corrected chi connectivity index (χ2v) is 8.87. The summed E-state index contributed by atoms with van der Waals surface area (Å²) in [5.41, 5.74) is 0. The van der Waals surface area contributed by atoms with Crippen LogP contribution in [0.2, 0.25) is 0 Å². The summed E-state index contributed by atoms with van der Waals surface area (Å²) in [6, 6.07) is -0.488. The molecular formula is C16H29N3O6S. The fraction of sp³-hybridized carbons (Fsp3) is 0.875. The van der Waals surface area contributed by atoms with E-state index in [-0.39, 0.29) is 36.9 Å². The molecule has 0 aromatic rings. The Labute approximate surface area is 154 Å². The van der Waals surface area contributed by atoms with E-state index in [4.69, 9.17) is 9.84 Å². The standard InChI is InChI=1S/C16H29N3O6S/c20-15(21)12-4-6-13(7-5-12)19-16(22)17-8-10-26(23,24)18-11-14-3-1-2-9-25-14/h12-14,18H,1-11H2,(H,20,21)(H2,17,19,22). The van der Waals surface area contributed by atoms with Gasteiger partial charge in [0.1, 0.15) is 0 Å². The van der Waals surface area contributed by atoms with Gasteiger partial charge in [-0.25, -0.2) is 17.9 Å². The van der Waals surface area contributed by atoms with Gasteiger partial charge in [-0.05, 0) is 44.9 Å². The lowest BCUT2D eigenvalue weighted by Crippen LogP contribution is -2.46. The summed E-state index contributed by atoms with van der Waals surface area (Å²) in [5, 5.41) is 14.3. The van der Waals surface area contributed by atoms with E-state index in [1.807, 2.05) is 0 Å². The molecule has 0 aromatic heterocycles. The average molecular weight is 391 g/mol. The number of nitrogens with one attached hydrogen (secondary N) is 3. The molecule has 1 atom stereocenters. The number of carboxylic acids is 1. The number of sulfonamides is 1. The topological polar surface area (TPSA) is 134 Å². The molecule has 0 radical (unpaired) electrons. The zero-order chi connectivity index (χ0) is 19.0. The van der Waals surface area contributed by atoms with E-state index in [1.54, 1.807) is 0 Å². The molecule has 2 fully saturated rings. The monoisotopic (exact) mass is 391 g/mol. The van der Waals surface area contributed by atoms with Crippen LogP contribution in [0.5, 0.6) is 0 Å². The molecule has 2 rings (SSSR count). The Kier molecular flexibility index (Phi) is 8.11. The maximum absolute atomic E-state index is 12.0. The van der Waals surface area contributed by atoms with Crippen LogP contribution in [0.1, 0.15) is 44.9 Å². The zero-order valence-electron chi connectivity index (χ0n) is 14.9. The highest BCUT2D eigenvalue weighted by atomic mass is 32.2. The SMILES string of the molecule is O=C(NCCS(=O)(=O)NCC1CCCCO1)NC1CCC(C(=O)O)CC1. The lowest BCUT2D eigenvalue weighted by molar-refractivity contribution is -0.142. The highest BCUT2D eigenvalue weighted by Crippen LogP contribution is 2.24. The number of carbonyl (C=O) groups is 2. The number of rotatable bonds is 8. The highest BCUT2D eigenvalue weighted by molar-refractivity contribution is 7.89. The zero-order valence-corrected chi connectivity index (χ0v) is 15.7. The molecule has 2 amide bonds. The maximum Gasteiger partial charge on any atom is 0.315 e. The van der Waals surface area contributed by atoms with Gasteiger partial charge in [0.25, 0.3) is 0 Å². The van der Waals surface area contributed by atoms with Crippen LogP contribution in [0.25, 0.3) is 0 Å². The lowest BCUT2D eigenvalue weighted by atomic mass is 9.86. The highest BCUT2D eigenvalue weighted by Gasteiger charge is 2.26. The van der Waals surface area contributed by atoms with Crippen molar-refractivity contribution in [2.45, 2.75) is 57.1 Å². The number of urea groups is 1. The number of carboxylic acid groups (broad SMARTS) is 1. The Hall–Kier alpha value is -1.39. The van der Waals surface area contributed by atoms with Crippen LogP contribution >= 0.6 is 0 Å². The van der Waals surface area contributed by atoms with Gasteiger partial charge in [-0.3, -0.25) is 4.79 Å². The number of hydrogen-bond donors (Lipinski definition) is 4. The lowest BCUT2D eigenvalue weighted by Gasteiger charge is -2.26. The largest absolute Gasteiger partial charge is 0.481 e. The molecule has 1 saturated heterocycles.